The first-order valence-electron chi connectivity index (χ1n) is 6.32. The third-order valence-corrected chi connectivity index (χ3v) is 2.72. The quantitative estimate of drug-likeness (QED) is 0.746. The normalized spacial score (nSPS) is 10.7. The molecule has 0 heterocycles. The molecule has 1 aromatic carbocycles. The van der Waals surface area contributed by atoms with E-state index in [0.717, 1.165) is 18.5 Å². The molecule has 18 heavy (non-hydrogen) atoms. The van der Waals surface area contributed by atoms with Gasteiger partial charge in [0.1, 0.15) is 0 Å². The van der Waals surface area contributed by atoms with Crippen molar-refractivity contribution in [2.75, 3.05) is 13.1 Å². The van der Waals surface area contributed by atoms with Crippen LogP contribution in [0, 0.1) is 0 Å². The molecule has 2 N–H and O–H groups in total. The van der Waals surface area contributed by atoms with Crippen molar-refractivity contribution in [1.29, 1.82) is 0 Å². The number of carbonyl (C=O) groups is 1. The SMILES string of the molecule is CC(C)NCCCNC(=O)Cc1cccc(Cl)c1. The van der Waals surface area contributed by atoms with Crippen LogP contribution < -0.4 is 10.6 Å². The minimum Gasteiger partial charge on any atom is -0.356 e. The maximum atomic E-state index is 11.6. The lowest BCUT2D eigenvalue weighted by Gasteiger charge is -2.08. The van der Waals surface area contributed by atoms with Gasteiger partial charge in [0.15, 0.2) is 0 Å². The van der Waals surface area contributed by atoms with Crippen LogP contribution in [0.2, 0.25) is 5.02 Å². The lowest BCUT2D eigenvalue weighted by Crippen LogP contribution is -2.30. The largest absolute Gasteiger partial charge is 0.356 e. The molecule has 0 bridgehead atoms. The van der Waals surface area contributed by atoms with Gasteiger partial charge in [-0.1, -0.05) is 37.6 Å². The summed E-state index contributed by atoms with van der Waals surface area (Å²) in [5, 5.41) is 6.88. The third kappa shape index (κ3) is 6.62. The summed E-state index contributed by atoms with van der Waals surface area (Å²) in [6.45, 7) is 5.85. The monoisotopic (exact) mass is 268 g/mol. The van der Waals surface area contributed by atoms with Gasteiger partial charge in [0, 0.05) is 17.6 Å². The molecule has 4 heteroatoms. The Balaban J connectivity index is 2.18. The Hall–Kier alpha value is -1.06. The first-order valence-corrected chi connectivity index (χ1v) is 6.70. The Morgan fingerprint density at radius 2 is 2.11 bits per heavy atom. The molecule has 0 spiro atoms. The van der Waals surface area contributed by atoms with Crippen molar-refractivity contribution in [2.24, 2.45) is 0 Å². The van der Waals surface area contributed by atoms with Gasteiger partial charge in [-0.3, -0.25) is 4.79 Å². The van der Waals surface area contributed by atoms with Gasteiger partial charge in [0.05, 0.1) is 6.42 Å². The summed E-state index contributed by atoms with van der Waals surface area (Å²) in [6, 6.07) is 7.89. The Morgan fingerprint density at radius 3 is 2.78 bits per heavy atom. The van der Waals surface area contributed by atoms with Crippen molar-refractivity contribution < 1.29 is 4.79 Å². The molecule has 0 aliphatic heterocycles. The minimum absolute atomic E-state index is 0.0433. The van der Waals surface area contributed by atoms with Crippen LogP contribution in [0.15, 0.2) is 24.3 Å². The fraction of sp³-hybridized carbons (Fsp3) is 0.500. The summed E-state index contributed by atoms with van der Waals surface area (Å²) in [6.07, 6.45) is 1.33. The van der Waals surface area contributed by atoms with Crippen LogP contribution in [0.4, 0.5) is 0 Å². The molecule has 1 rings (SSSR count). The zero-order chi connectivity index (χ0) is 13.4. The Kier molecular flexibility index (Phi) is 6.76. The Morgan fingerprint density at radius 1 is 1.33 bits per heavy atom. The second-order valence-corrected chi connectivity index (χ2v) is 5.06. The highest BCUT2D eigenvalue weighted by Gasteiger charge is 2.03. The van der Waals surface area contributed by atoms with Gasteiger partial charge in [-0.05, 0) is 30.7 Å². The molecule has 1 amide bonds. The number of benzene rings is 1. The lowest BCUT2D eigenvalue weighted by atomic mass is 10.1. The number of amides is 1. The predicted octanol–water partition coefficient (Wildman–Crippen LogP) is 2.39. The van der Waals surface area contributed by atoms with E-state index in [4.69, 9.17) is 11.6 Å². The highest BCUT2D eigenvalue weighted by Crippen LogP contribution is 2.10. The van der Waals surface area contributed by atoms with Crippen molar-refractivity contribution in [2.45, 2.75) is 32.7 Å². The molecule has 0 aliphatic carbocycles. The van der Waals surface area contributed by atoms with E-state index in [2.05, 4.69) is 24.5 Å². The van der Waals surface area contributed by atoms with Crippen molar-refractivity contribution in [1.82, 2.24) is 10.6 Å². The Labute approximate surface area is 114 Å². The smallest absolute Gasteiger partial charge is 0.224 e. The highest BCUT2D eigenvalue weighted by molar-refractivity contribution is 6.30. The summed E-state index contributed by atoms with van der Waals surface area (Å²) in [5.41, 5.74) is 0.945. The van der Waals surface area contributed by atoms with E-state index >= 15 is 0 Å². The van der Waals surface area contributed by atoms with E-state index in [-0.39, 0.29) is 5.91 Å². The van der Waals surface area contributed by atoms with Crippen molar-refractivity contribution in [3.8, 4) is 0 Å². The number of rotatable bonds is 7. The topological polar surface area (TPSA) is 41.1 Å². The third-order valence-electron chi connectivity index (χ3n) is 2.48. The molecular formula is C14H21ClN2O. The van der Waals surface area contributed by atoms with E-state index in [1.807, 2.05) is 18.2 Å². The van der Waals surface area contributed by atoms with Gasteiger partial charge >= 0.3 is 0 Å². The van der Waals surface area contributed by atoms with Crippen LogP contribution in [0.5, 0.6) is 0 Å². The first-order chi connectivity index (χ1) is 8.58. The summed E-state index contributed by atoms with van der Waals surface area (Å²) in [7, 11) is 0. The maximum absolute atomic E-state index is 11.6. The maximum Gasteiger partial charge on any atom is 0.224 e. The van der Waals surface area contributed by atoms with Crippen LogP contribution in [-0.4, -0.2) is 25.0 Å². The predicted molar refractivity (Wildman–Crippen MR) is 75.9 cm³/mol. The van der Waals surface area contributed by atoms with Crippen LogP contribution in [0.1, 0.15) is 25.8 Å². The highest BCUT2D eigenvalue weighted by atomic mass is 35.5. The number of hydrogen-bond donors (Lipinski definition) is 2. The van der Waals surface area contributed by atoms with Crippen molar-refractivity contribution >= 4 is 17.5 Å². The fourth-order valence-electron chi connectivity index (χ4n) is 1.60. The molecule has 0 saturated heterocycles. The second-order valence-electron chi connectivity index (χ2n) is 4.62. The molecule has 0 atom stereocenters. The minimum atomic E-state index is 0.0433. The number of halogens is 1. The molecule has 0 radical (unpaired) electrons. The van der Waals surface area contributed by atoms with Crippen LogP contribution in [0.25, 0.3) is 0 Å². The summed E-state index contributed by atoms with van der Waals surface area (Å²) in [5.74, 6) is 0.0433. The van der Waals surface area contributed by atoms with Gasteiger partial charge in [-0.2, -0.15) is 0 Å². The van der Waals surface area contributed by atoms with E-state index < -0.39 is 0 Å². The lowest BCUT2D eigenvalue weighted by molar-refractivity contribution is -0.120. The van der Waals surface area contributed by atoms with Crippen LogP contribution in [0.3, 0.4) is 0 Å². The van der Waals surface area contributed by atoms with Gasteiger partial charge in [-0.15, -0.1) is 0 Å². The molecule has 1 aromatic rings. The molecular weight excluding hydrogens is 248 g/mol. The molecule has 3 nitrogen and oxygen atoms in total. The van der Waals surface area contributed by atoms with Crippen LogP contribution in [-0.2, 0) is 11.2 Å². The van der Waals surface area contributed by atoms with Gasteiger partial charge in [0.25, 0.3) is 0 Å². The van der Waals surface area contributed by atoms with E-state index in [1.165, 1.54) is 0 Å². The first kappa shape index (κ1) is 15.0. The zero-order valence-electron chi connectivity index (χ0n) is 11.0. The molecule has 0 fully saturated rings. The number of hydrogen-bond acceptors (Lipinski definition) is 2. The molecule has 0 aromatic heterocycles. The summed E-state index contributed by atoms with van der Waals surface area (Å²) in [4.78, 5) is 11.6. The van der Waals surface area contributed by atoms with Crippen molar-refractivity contribution in [3.05, 3.63) is 34.9 Å². The summed E-state index contributed by atoms with van der Waals surface area (Å²) >= 11 is 5.86. The fourth-order valence-corrected chi connectivity index (χ4v) is 1.81. The van der Waals surface area contributed by atoms with Gasteiger partial charge in [-0.25, -0.2) is 0 Å². The number of nitrogens with one attached hydrogen (secondary N) is 2. The van der Waals surface area contributed by atoms with Gasteiger partial charge in [0.2, 0.25) is 5.91 Å². The number of carbonyl (C=O) groups excluding carboxylic acids is 1. The average Bonchev–Trinajstić information content (AvgIpc) is 2.28. The van der Waals surface area contributed by atoms with E-state index in [9.17, 15) is 4.79 Å². The molecule has 0 aliphatic rings. The summed E-state index contributed by atoms with van der Waals surface area (Å²) < 4.78 is 0. The van der Waals surface area contributed by atoms with Crippen LogP contribution >= 0.6 is 11.6 Å². The average molecular weight is 269 g/mol. The standard InChI is InChI=1S/C14H21ClN2O/c1-11(2)16-7-4-8-17-14(18)10-12-5-3-6-13(15)9-12/h3,5-6,9,11,16H,4,7-8,10H2,1-2H3,(H,17,18). The van der Waals surface area contributed by atoms with Crippen molar-refractivity contribution in [3.63, 3.8) is 0 Å². The molecule has 0 saturated carbocycles. The Bertz CT molecular complexity index is 380. The second kappa shape index (κ2) is 8.11. The molecule has 0 unspecified atom stereocenters. The van der Waals surface area contributed by atoms with E-state index in [0.29, 0.717) is 24.0 Å². The molecule has 100 valence electrons. The zero-order valence-corrected chi connectivity index (χ0v) is 11.8. The van der Waals surface area contributed by atoms with E-state index in [1.54, 1.807) is 6.07 Å². The van der Waals surface area contributed by atoms with Gasteiger partial charge < -0.3 is 10.6 Å².